The van der Waals surface area contributed by atoms with E-state index in [1.165, 1.54) is 11.1 Å². The number of imidazole rings is 1. The minimum atomic E-state index is 0.0856. The molecule has 168 valence electrons. The van der Waals surface area contributed by atoms with Crippen LogP contribution in [0.5, 0.6) is 5.75 Å². The molecule has 3 aromatic rings. The second-order valence-corrected chi connectivity index (χ2v) is 8.76. The zero-order valence-electron chi connectivity index (χ0n) is 18.7. The first-order valence-electron chi connectivity index (χ1n) is 11.6. The molecule has 0 spiro atoms. The van der Waals surface area contributed by atoms with Crippen LogP contribution < -0.4 is 10.1 Å². The van der Waals surface area contributed by atoms with E-state index < -0.39 is 0 Å². The maximum absolute atomic E-state index is 11.6. The van der Waals surface area contributed by atoms with Crippen molar-refractivity contribution in [1.29, 1.82) is 0 Å². The first kappa shape index (κ1) is 21.0. The predicted molar refractivity (Wildman–Crippen MR) is 126 cm³/mol. The molecule has 2 aliphatic heterocycles. The number of nitrogens with one attached hydrogen (secondary N) is 1. The molecule has 2 aliphatic rings. The number of anilines is 1. The zero-order valence-corrected chi connectivity index (χ0v) is 18.7. The third-order valence-electron chi connectivity index (χ3n) is 6.58. The Bertz CT molecular complexity index is 1110. The standard InChI is InChI=1S/C25H31N5O2/c1-28-23-6-3-2-5-21(23)26-24(28)18-30-12-4-11-29(13-14-30)15-16-32-20-9-7-19-8-10-25(31)27-22(19)17-20/h2-3,5-7,9,17H,4,8,10-16,18H2,1H3,(H,27,31). The molecule has 0 radical (unpaired) electrons. The van der Waals surface area contributed by atoms with Crippen LogP contribution in [-0.2, 0) is 24.8 Å². The largest absolute Gasteiger partial charge is 0.492 e. The maximum Gasteiger partial charge on any atom is 0.224 e. The third kappa shape index (κ3) is 4.64. The molecule has 0 aliphatic carbocycles. The molecule has 7 nitrogen and oxygen atoms in total. The van der Waals surface area contributed by atoms with Crippen LogP contribution in [0.25, 0.3) is 11.0 Å². The van der Waals surface area contributed by atoms with Crippen LogP contribution >= 0.6 is 0 Å². The lowest BCUT2D eigenvalue weighted by Crippen LogP contribution is -2.33. The minimum Gasteiger partial charge on any atom is -0.492 e. The van der Waals surface area contributed by atoms with Crippen molar-refractivity contribution < 1.29 is 9.53 Å². The van der Waals surface area contributed by atoms with Gasteiger partial charge < -0.3 is 14.6 Å². The maximum atomic E-state index is 11.6. The molecule has 3 heterocycles. The van der Waals surface area contributed by atoms with Crippen molar-refractivity contribution in [1.82, 2.24) is 19.4 Å². The number of para-hydroxylation sites is 2. The highest BCUT2D eigenvalue weighted by molar-refractivity contribution is 5.94. The summed E-state index contributed by atoms with van der Waals surface area (Å²) in [4.78, 5) is 21.5. The summed E-state index contributed by atoms with van der Waals surface area (Å²) in [7, 11) is 2.11. The Morgan fingerprint density at radius 3 is 2.78 bits per heavy atom. The minimum absolute atomic E-state index is 0.0856. The summed E-state index contributed by atoms with van der Waals surface area (Å²) in [5, 5.41) is 2.94. The van der Waals surface area contributed by atoms with Gasteiger partial charge in [-0.3, -0.25) is 14.6 Å². The number of amides is 1. The Hall–Kier alpha value is -2.90. The van der Waals surface area contributed by atoms with Gasteiger partial charge in [0, 0.05) is 44.9 Å². The molecule has 5 rings (SSSR count). The van der Waals surface area contributed by atoms with E-state index in [-0.39, 0.29) is 5.91 Å². The summed E-state index contributed by atoms with van der Waals surface area (Å²) in [6.45, 7) is 6.69. The summed E-state index contributed by atoms with van der Waals surface area (Å²) in [5.74, 6) is 2.04. The molecule has 1 saturated heterocycles. The Kier molecular flexibility index (Phi) is 6.10. The molecule has 1 aromatic heterocycles. The molecule has 0 saturated carbocycles. The summed E-state index contributed by atoms with van der Waals surface area (Å²) in [6.07, 6.45) is 2.52. The normalized spacial score (nSPS) is 17.7. The number of hydrogen-bond acceptors (Lipinski definition) is 5. The number of rotatable bonds is 6. The number of hydrogen-bond donors (Lipinski definition) is 1. The highest BCUT2D eigenvalue weighted by atomic mass is 16.5. The molecule has 0 bridgehead atoms. The third-order valence-corrected chi connectivity index (χ3v) is 6.58. The second-order valence-electron chi connectivity index (χ2n) is 8.76. The molecule has 2 aromatic carbocycles. The van der Waals surface area contributed by atoms with Crippen molar-refractivity contribution in [2.45, 2.75) is 25.8 Å². The smallest absolute Gasteiger partial charge is 0.224 e. The van der Waals surface area contributed by atoms with Crippen LogP contribution in [0, 0.1) is 0 Å². The zero-order chi connectivity index (χ0) is 21.9. The van der Waals surface area contributed by atoms with Gasteiger partial charge in [-0.15, -0.1) is 0 Å². The highest BCUT2D eigenvalue weighted by Gasteiger charge is 2.18. The number of nitrogens with zero attached hydrogens (tertiary/aromatic N) is 4. The van der Waals surface area contributed by atoms with Crippen molar-refractivity contribution in [3.05, 3.63) is 53.9 Å². The topological polar surface area (TPSA) is 62.6 Å². The molecular weight excluding hydrogens is 402 g/mol. The quantitative estimate of drug-likeness (QED) is 0.648. The SMILES string of the molecule is Cn1c(CN2CCCN(CCOc3ccc4c(c3)NC(=O)CC4)CC2)nc2ccccc21. The van der Waals surface area contributed by atoms with E-state index in [2.05, 4.69) is 51.0 Å². The van der Waals surface area contributed by atoms with Gasteiger partial charge in [-0.2, -0.15) is 0 Å². The van der Waals surface area contributed by atoms with Crippen LogP contribution in [0.15, 0.2) is 42.5 Å². The number of benzene rings is 2. The number of ether oxygens (including phenoxy) is 1. The Labute approximate surface area is 189 Å². The van der Waals surface area contributed by atoms with E-state index in [4.69, 9.17) is 9.72 Å². The van der Waals surface area contributed by atoms with E-state index >= 15 is 0 Å². The van der Waals surface area contributed by atoms with Gasteiger partial charge in [-0.05, 0) is 49.7 Å². The van der Waals surface area contributed by atoms with Crippen LogP contribution in [0.2, 0.25) is 0 Å². The molecule has 32 heavy (non-hydrogen) atoms. The number of fused-ring (bicyclic) bond motifs is 2. The summed E-state index contributed by atoms with van der Waals surface area (Å²) >= 11 is 0. The second kappa shape index (κ2) is 9.30. The molecule has 1 N–H and O–H groups in total. The number of aromatic nitrogens is 2. The summed E-state index contributed by atoms with van der Waals surface area (Å²) < 4.78 is 8.22. The van der Waals surface area contributed by atoms with E-state index in [1.54, 1.807) is 0 Å². The van der Waals surface area contributed by atoms with Gasteiger partial charge in [-0.25, -0.2) is 4.98 Å². The molecule has 0 atom stereocenters. The lowest BCUT2D eigenvalue weighted by Gasteiger charge is -2.22. The molecular formula is C25H31N5O2. The van der Waals surface area contributed by atoms with Crippen molar-refractivity contribution in [2.24, 2.45) is 7.05 Å². The lowest BCUT2D eigenvalue weighted by molar-refractivity contribution is -0.116. The summed E-state index contributed by atoms with van der Waals surface area (Å²) in [5.41, 5.74) is 4.34. The van der Waals surface area contributed by atoms with Crippen LogP contribution in [-0.4, -0.2) is 64.6 Å². The van der Waals surface area contributed by atoms with Crippen LogP contribution in [0.4, 0.5) is 5.69 Å². The van der Waals surface area contributed by atoms with Gasteiger partial charge >= 0.3 is 0 Å². The molecule has 1 fully saturated rings. The van der Waals surface area contributed by atoms with E-state index in [9.17, 15) is 4.79 Å². The van der Waals surface area contributed by atoms with Crippen molar-refractivity contribution in [2.75, 3.05) is 44.6 Å². The first-order valence-corrected chi connectivity index (χ1v) is 11.6. The van der Waals surface area contributed by atoms with Gasteiger partial charge in [0.15, 0.2) is 0 Å². The Morgan fingerprint density at radius 2 is 1.88 bits per heavy atom. The van der Waals surface area contributed by atoms with Crippen molar-refractivity contribution >= 4 is 22.6 Å². The Morgan fingerprint density at radius 1 is 1.03 bits per heavy atom. The highest BCUT2D eigenvalue weighted by Crippen LogP contribution is 2.27. The van der Waals surface area contributed by atoms with Crippen molar-refractivity contribution in [3.63, 3.8) is 0 Å². The first-order chi connectivity index (χ1) is 15.7. The lowest BCUT2D eigenvalue weighted by atomic mass is 10.0. The monoisotopic (exact) mass is 433 g/mol. The predicted octanol–water partition coefficient (Wildman–Crippen LogP) is 3.04. The fourth-order valence-electron chi connectivity index (χ4n) is 4.68. The van der Waals surface area contributed by atoms with E-state index in [0.29, 0.717) is 13.0 Å². The average molecular weight is 434 g/mol. The van der Waals surface area contributed by atoms with Gasteiger partial charge in [0.2, 0.25) is 5.91 Å². The average Bonchev–Trinajstić information content (AvgIpc) is 2.95. The van der Waals surface area contributed by atoms with Gasteiger partial charge in [0.25, 0.3) is 0 Å². The Balaban J connectivity index is 1.11. The van der Waals surface area contributed by atoms with Crippen molar-refractivity contribution in [3.8, 4) is 5.75 Å². The number of carbonyl (C=O) groups excluding carboxylic acids is 1. The van der Waals surface area contributed by atoms with Gasteiger partial charge in [0.1, 0.15) is 18.2 Å². The number of aryl methyl sites for hydroxylation is 2. The fourth-order valence-corrected chi connectivity index (χ4v) is 4.68. The van der Waals surface area contributed by atoms with Gasteiger partial charge in [0.05, 0.1) is 17.6 Å². The molecule has 1 amide bonds. The van der Waals surface area contributed by atoms with Crippen LogP contribution in [0.3, 0.4) is 0 Å². The summed E-state index contributed by atoms with van der Waals surface area (Å²) in [6, 6.07) is 14.4. The number of carbonyl (C=O) groups is 1. The van der Waals surface area contributed by atoms with E-state index in [1.807, 2.05) is 18.2 Å². The van der Waals surface area contributed by atoms with E-state index in [0.717, 1.165) is 74.9 Å². The van der Waals surface area contributed by atoms with Gasteiger partial charge in [-0.1, -0.05) is 18.2 Å². The molecule has 0 unspecified atom stereocenters. The fraction of sp³-hybridized carbons (Fsp3) is 0.440. The van der Waals surface area contributed by atoms with Crippen LogP contribution in [0.1, 0.15) is 24.2 Å². The molecule has 7 heteroatoms.